The van der Waals surface area contributed by atoms with Gasteiger partial charge in [-0.05, 0) is 37.5 Å². The highest BCUT2D eigenvalue weighted by molar-refractivity contribution is 6.12. The summed E-state index contributed by atoms with van der Waals surface area (Å²) >= 11 is 0. The highest BCUT2D eigenvalue weighted by atomic mass is 16.2. The van der Waals surface area contributed by atoms with E-state index in [2.05, 4.69) is 5.43 Å². The maximum Gasteiger partial charge on any atom is 0.253 e. The maximum absolute atomic E-state index is 11.5. The van der Waals surface area contributed by atoms with Crippen LogP contribution >= 0.6 is 0 Å². The summed E-state index contributed by atoms with van der Waals surface area (Å²) in [6.07, 6.45) is 6.88. The van der Waals surface area contributed by atoms with Crippen molar-refractivity contribution < 1.29 is 14.4 Å². The van der Waals surface area contributed by atoms with Gasteiger partial charge in [0.05, 0.1) is 0 Å². The Morgan fingerprint density at radius 1 is 1.16 bits per heavy atom. The Labute approximate surface area is 112 Å². The molecule has 2 aliphatic rings. The molecular weight excluding hydrogens is 246 g/mol. The van der Waals surface area contributed by atoms with Gasteiger partial charge >= 0.3 is 0 Å². The van der Waals surface area contributed by atoms with Crippen LogP contribution in [0.4, 0.5) is 0 Å². The number of rotatable bonds is 4. The van der Waals surface area contributed by atoms with Gasteiger partial charge < -0.3 is 0 Å². The van der Waals surface area contributed by atoms with Crippen LogP contribution in [0.25, 0.3) is 0 Å². The fraction of sp³-hybridized carbons (Fsp3) is 0.615. The third-order valence-electron chi connectivity index (χ3n) is 3.94. The van der Waals surface area contributed by atoms with Crippen molar-refractivity contribution in [3.8, 4) is 0 Å². The molecule has 0 bridgehead atoms. The molecule has 6 nitrogen and oxygen atoms in total. The summed E-state index contributed by atoms with van der Waals surface area (Å²) < 4.78 is 0. The predicted octanol–water partition coefficient (Wildman–Crippen LogP) is 0.0978. The second-order valence-corrected chi connectivity index (χ2v) is 5.28. The maximum atomic E-state index is 11.5. The van der Waals surface area contributed by atoms with Crippen molar-refractivity contribution in [2.45, 2.75) is 32.1 Å². The standard InChI is InChI=1S/C13H19N3O3/c14-15-11(17)7-9-1-3-10(4-2-9)8-16-12(18)5-6-13(16)19/h5-6,9-10H,1-4,7-8,14H2,(H,15,17). The first kappa shape index (κ1) is 13.7. The molecule has 1 heterocycles. The monoisotopic (exact) mass is 265 g/mol. The van der Waals surface area contributed by atoms with Crippen molar-refractivity contribution in [2.24, 2.45) is 17.7 Å². The SMILES string of the molecule is NNC(=O)CC1CCC(CN2C(=O)C=CC2=O)CC1. The van der Waals surface area contributed by atoms with Gasteiger partial charge in [-0.3, -0.25) is 24.7 Å². The van der Waals surface area contributed by atoms with E-state index in [0.29, 0.717) is 24.8 Å². The van der Waals surface area contributed by atoms with Crippen LogP contribution in [0.1, 0.15) is 32.1 Å². The molecule has 3 N–H and O–H groups in total. The van der Waals surface area contributed by atoms with Gasteiger partial charge in [0.2, 0.25) is 5.91 Å². The zero-order valence-electron chi connectivity index (χ0n) is 10.8. The van der Waals surface area contributed by atoms with Crippen LogP contribution in [0, 0.1) is 11.8 Å². The van der Waals surface area contributed by atoms with Gasteiger partial charge in [-0.15, -0.1) is 0 Å². The number of nitrogens with zero attached hydrogens (tertiary/aromatic N) is 1. The van der Waals surface area contributed by atoms with E-state index in [1.54, 1.807) is 0 Å². The minimum absolute atomic E-state index is 0.127. The van der Waals surface area contributed by atoms with Crippen LogP contribution in [-0.2, 0) is 14.4 Å². The van der Waals surface area contributed by atoms with E-state index in [9.17, 15) is 14.4 Å². The number of hydrazine groups is 1. The van der Waals surface area contributed by atoms with E-state index >= 15 is 0 Å². The largest absolute Gasteiger partial charge is 0.294 e. The second-order valence-electron chi connectivity index (χ2n) is 5.28. The van der Waals surface area contributed by atoms with E-state index < -0.39 is 0 Å². The molecule has 2 rings (SSSR count). The minimum atomic E-state index is -0.213. The third kappa shape index (κ3) is 3.41. The van der Waals surface area contributed by atoms with Crippen LogP contribution < -0.4 is 11.3 Å². The van der Waals surface area contributed by atoms with Crippen LogP contribution in [0.3, 0.4) is 0 Å². The number of carbonyl (C=O) groups excluding carboxylic acids is 3. The molecule has 1 aliphatic heterocycles. The molecule has 0 aromatic heterocycles. The van der Waals surface area contributed by atoms with Crippen LogP contribution in [-0.4, -0.2) is 29.2 Å². The lowest BCUT2D eigenvalue weighted by Crippen LogP contribution is -2.37. The summed E-state index contributed by atoms with van der Waals surface area (Å²) in [7, 11) is 0. The first-order chi connectivity index (χ1) is 9.10. The molecule has 1 aliphatic carbocycles. The van der Waals surface area contributed by atoms with Crippen LogP contribution in [0.5, 0.6) is 0 Å². The van der Waals surface area contributed by atoms with Gasteiger partial charge in [-0.1, -0.05) is 0 Å². The topological polar surface area (TPSA) is 92.5 Å². The molecule has 1 saturated carbocycles. The van der Waals surface area contributed by atoms with E-state index in [1.165, 1.54) is 17.1 Å². The van der Waals surface area contributed by atoms with Gasteiger partial charge in [0, 0.05) is 25.1 Å². The van der Waals surface area contributed by atoms with Crippen molar-refractivity contribution in [3.63, 3.8) is 0 Å². The normalized spacial score (nSPS) is 26.9. The number of hydrogen-bond donors (Lipinski definition) is 2. The van der Waals surface area contributed by atoms with E-state index in [-0.39, 0.29) is 17.7 Å². The molecule has 3 amide bonds. The smallest absolute Gasteiger partial charge is 0.253 e. The van der Waals surface area contributed by atoms with Crippen molar-refractivity contribution in [1.82, 2.24) is 10.3 Å². The lowest BCUT2D eigenvalue weighted by Gasteiger charge is -2.30. The first-order valence-electron chi connectivity index (χ1n) is 6.63. The number of carbonyl (C=O) groups is 3. The van der Waals surface area contributed by atoms with Crippen LogP contribution in [0.2, 0.25) is 0 Å². The molecule has 19 heavy (non-hydrogen) atoms. The fourth-order valence-electron chi connectivity index (χ4n) is 2.81. The summed E-state index contributed by atoms with van der Waals surface area (Å²) in [6.45, 7) is 0.500. The predicted molar refractivity (Wildman–Crippen MR) is 68.3 cm³/mol. The van der Waals surface area contributed by atoms with Crippen molar-refractivity contribution in [2.75, 3.05) is 6.54 Å². The minimum Gasteiger partial charge on any atom is -0.294 e. The first-order valence-corrected chi connectivity index (χ1v) is 6.63. The molecule has 0 spiro atoms. The van der Waals surface area contributed by atoms with Gasteiger partial charge in [-0.25, -0.2) is 5.84 Å². The summed E-state index contributed by atoms with van der Waals surface area (Å²) in [6, 6.07) is 0. The molecule has 0 radical (unpaired) electrons. The fourth-order valence-corrected chi connectivity index (χ4v) is 2.81. The Hall–Kier alpha value is -1.69. The van der Waals surface area contributed by atoms with Gasteiger partial charge in [-0.2, -0.15) is 0 Å². The molecule has 1 fully saturated rings. The Kier molecular flexibility index (Phi) is 4.31. The highest BCUT2D eigenvalue weighted by Gasteiger charge is 2.29. The average Bonchev–Trinajstić information content (AvgIpc) is 2.72. The zero-order chi connectivity index (χ0) is 13.8. The molecule has 0 atom stereocenters. The molecule has 104 valence electrons. The molecule has 6 heteroatoms. The third-order valence-corrected chi connectivity index (χ3v) is 3.94. The second kappa shape index (κ2) is 5.97. The Bertz CT molecular complexity index is 393. The Morgan fingerprint density at radius 3 is 2.21 bits per heavy atom. The average molecular weight is 265 g/mol. The highest BCUT2D eigenvalue weighted by Crippen LogP contribution is 2.31. The van der Waals surface area contributed by atoms with E-state index in [1.807, 2.05) is 0 Å². The van der Waals surface area contributed by atoms with E-state index in [4.69, 9.17) is 5.84 Å². The van der Waals surface area contributed by atoms with Gasteiger partial charge in [0.15, 0.2) is 0 Å². The van der Waals surface area contributed by atoms with Crippen molar-refractivity contribution in [3.05, 3.63) is 12.2 Å². The lowest BCUT2D eigenvalue weighted by molar-refractivity contribution is -0.137. The van der Waals surface area contributed by atoms with Crippen LogP contribution in [0.15, 0.2) is 12.2 Å². The number of amides is 3. The van der Waals surface area contributed by atoms with Gasteiger partial charge in [0.25, 0.3) is 11.8 Å². The summed E-state index contributed by atoms with van der Waals surface area (Å²) in [5.74, 6) is 5.23. The van der Waals surface area contributed by atoms with Gasteiger partial charge in [0.1, 0.15) is 0 Å². The number of nitrogens with one attached hydrogen (secondary N) is 1. The number of imide groups is 1. The Balaban J connectivity index is 1.76. The number of hydrogen-bond acceptors (Lipinski definition) is 4. The molecule has 0 saturated heterocycles. The molecule has 0 unspecified atom stereocenters. The van der Waals surface area contributed by atoms with Crippen molar-refractivity contribution >= 4 is 17.7 Å². The molecule has 0 aromatic rings. The zero-order valence-corrected chi connectivity index (χ0v) is 10.8. The molecule has 0 aromatic carbocycles. The molecular formula is C13H19N3O3. The quantitative estimate of drug-likeness (QED) is 0.326. The Morgan fingerprint density at radius 2 is 1.68 bits per heavy atom. The van der Waals surface area contributed by atoms with Crippen molar-refractivity contribution in [1.29, 1.82) is 0 Å². The lowest BCUT2D eigenvalue weighted by atomic mass is 9.80. The number of nitrogens with two attached hydrogens (primary N) is 1. The summed E-state index contributed by atoms with van der Waals surface area (Å²) in [4.78, 5) is 35.4. The van der Waals surface area contributed by atoms with E-state index in [0.717, 1.165) is 25.7 Å². The summed E-state index contributed by atoms with van der Waals surface area (Å²) in [5.41, 5.74) is 2.15. The summed E-state index contributed by atoms with van der Waals surface area (Å²) in [5, 5.41) is 0.